The van der Waals surface area contributed by atoms with Gasteiger partial charge < -0.3 is 15.4 Å². The molecule has 0 aliphatic heterocycles. The molecule has 1 heterocycles. The monoisotopic (exact) mass is 306 g/mol. The largest absolute Gasteiger partial charge is 0.395 e. The summed E-state index contributed by atoms with van der Waals surface area (Å²) >= 11 is 1.55. The number of carbonyl (C=O) groups is 1. The first kappa shape index (κ1) is 15.9. The molecule has 0 bridgehead atoms. The van der Waals surface area contributed by atoms with Crippen LogP contribution in [0.2, 0.25) is 0 Å². The molecule has 1 amide bonds. The van der Waals surface area contributed by atoms with E-state index in [4.69, 9.17) is 0 Å². The molecule has 2 aromatic rings. The van der Waals surface area contributed by atoms with Crippen molar-refractivity contribution in [2.45, 2.75) is 32.1 Å². The number of aromatic nitrogens is 1. The topological polar surface area (TPSA) is 65.1 Å². The lowest BCUT2D eigenvalue weighted by Crippen LogP contribution is -2.41. The Morgan fingerprint density at radius 1 is 1.43 bits per heavy atom. The maximum atomic E-state index is 12.4. The minimum atomic E-state index is -0.124. The fraction of sp³-hybridized carbons (Fsp3) is 0.438. The number of amides is 1. The molecule has 0 aliphatic carbocycles. The first-order valence-corrected chi connectivity index (χ1v) is 8.30. The molecule has 5 heteroatoms. The van der Waals surface area contributed by atoms with Gasteiger partial charge in [0.15, 0.2) is 0 Å². The van der Waals surface area contributed by atoms with Crippen LogP contribution in [0.25, 0.3) is 10.9 Å². The second-order valence-corrected chi connectivity index (χ2v) is 6.47. The number of thioether (sulfide) groups is 1. The van der Waals surface area contributed by atoms with E-state index in [1.807, 2.05) is 39.2 Å². The number of aliphatic hydroxyl groups excluding tert-OH is 1. The highest BCUT2D eigenvalue weighted by Gasteiger charge is 2.21. The van der Waals surface area contributed by atoms with Crippen LogP contribution in [0.3, 0.4) is 0 Å². The van der Waals surface area contributed by atoms with Gasteiger partial charge in [0, 0.05) is 22.2 Å². The van der Waals surface area contributed by atoms with Crippen molar-refractivity contribution < 1.29 is 9.90 Å². The molecule has 2 unspecified atom stereocenters. The summed E-state index contributed by atoms with van der Waals surface area (Å²) in [4.78, 5) is 15.6. The summed E-state index contributed by atoms with van der Waals surface area (Å²) in [7, 11) is 0. The van der Waals surface area contributed by atoms with Crippen LogP contribution in [0.1, 0.15) is 28.5 Å². The molecular formula is C16H22N2O2S. The number of carbonyl (C=O) groups excluding carboxylic acids is 1. The van der Waals surface area contributed by atoms with E-state index in [1.165, 1.54) is 5.56 Å². The second-order valence-electron chi connectivity index (χ2n) is 5.39. The standard InChI is InChI=1S/C16H22N2O2S/c1-9-5-6-13-12(7-9)10(2)15(18-13)16(20)17-11(3)14(8-19)21-4/h5-7,11,14,18-19H,8H2,1-4H3,(H,17,20). The van der Waals surface area contributed by atoms with Crippen LogP contribution in [0.5, 0.6) is 0 Å². The molecule has 4 nitrogen and oxygen atoms in total. The van der Waals surface area contributed by atoms with Crippen molar-refractivity contribution in [3.63, 3.8) is 0 Å². The van der Waals surface area contributed by atoms with E-state index >= 15 is 0 Å². The van der Waals surface area contributed by atoms with Crippen LogP contribution >= 0.6 is 11.8 Å². The summed E-state index contributed by atoms with van der Waals surface area (Å²) in [5, 5.41) is 13.3. The van der Waals surface area contributed by atoms with Crippen molar-refractivity contribution in [3.8, 4) is 0 Å². The second kappa shape index (κ2) is 6.54. The smallest absolute Gasteiger partial charge is 0.268 e. The number of aryl methyl sites for hydroxylation is 2. The molecule has 1 aromatic carbocycles. The zero-order chi connectivity index (χ0) is 15.6. The third kappa shape index (κ3) is 3.24. The third-order valence-corrected chi connectivity index (χ3v) is 5.00. The number of H-pyrrole nitrogens is 1. The molecule has 21 heavy (non-hydrogen) atoms. The van der Waals surface area contributed by atoms with Crippen LogP contribution in [-0.2, 0) is 0 Å². The molecular weight excluding hydrogens is 284 g/mol. The Kier molecular flexibility index (Phi) is 4.96. The number of aliphatic hydroxyl groups is 1. The maximum absolute atomic E-state index is 12.4. The average Bonchev–Trinajstić information content (AvgIpc) is 2.77. The van der Waals surface area contributed by atoms with Crippen molar-refractivity contribution in [2.24, 2.45) is 0 Å². The number of hydrogen-bond acceptors (Lipinski definition) is 3. The van der Waals surface area contributed by atoms with Crippen LogP contribution in [0.15, 0.2) is 18.2 Å². The predicted octanol–water partition coefficient (Wildman–Crippen LogP) is 2.63. The Bertz CT molecular complexity index is 647. The van der Waals surface area contributed by atoms with Crippen molar-refractivity contribution in [1.29, 1.82) is 0 Å². The first-order chi connectivity index (χ1) is 9.97. The van der Waals surface area contributed by atoms with E-state index in [9.17, 15) is 9.90 Å². The Morgan fingerprint density at radius 3 is 2.76 bits per heavy atom. The average molecular weight is 306 g/mol. The van der Waals surface area contributed by atoms with Crippen LogP contribution in [-0.4, -0.2) is 40.2 Å². The summed E-state index contributed by atoms with van der Waals surface area (Å²) in [5.41, 5.74) is 3.70. The fourth-order valence-electron chi connectivity index (χ4n) is 2.48. The highest BCUT2D eigenvalue weighted by molar-refractivity contribution is 7.99. The van der Waals surface area contributed by atoms with E-state index in [-0.39, 0.29) is 23.8 Å². The van der Waals surface area contributed by atoms with Crippen molar-refractivity contribution in [2.75, 3.05) is 12.9 Å². The summed E-state index contributed by atoms with van der Waals surface area (Å²) in [5.74, 6) is -0.124. The summed E-state index contributed by atoms with van der Waals surface area (Å²) in [6.45, 7) is 5.96. The van der Waals surface area contributed by atoms with E-state index in [0.717, 1.165) is 16.5 Å². The third-order valence-electron chi connectivity index (χ3n) is 3.84. The molecule has 0 spiro atoms. The Labute approximate surface area is 129 Å². The van der Waals surface area contributed by atoms with E-state index in [1.54, 1.807) is 11.8 Å². The summed E-state index contributed by atoms with van der Waals surface area (Å²) in [6.07, 6.45) is 1.93. The quantitative estimate of drug-likeness (QED) is 0.795. The van der Waals surface area contributed by atoms with Crippen LogP contribution in [0, 0.1) is 13.8 Å². The minimum absolute atomic E-state index is 0.000814. The minimum Gasteiger partial charge on any atom is -0.395 e. The number of fused-ring (bicyclic) bond motifs is 1. The Morgan fingerprint density at radius 2 is 2.14 bits per heavy atom. The summed E-state index contributed by atoms with van der Waals surface area (Å²) in [6, 6.07) is 6.01. The van der Waals surface area contributed by atoms with Crippen molar-refractivity contribution in [1.82, 2.24) is 10.3 Å². The number of aromatic amines is 1. The molecule has 2 atom stereocenters. The van der Waals surface area contributed by atoms with Gasteiger partial charge in [-0.1, -0.05) is 11.6 Å². The van der Waals surface area contributed by atoms with Crippen molar-refractivity contribution >= 4 is 28.6 Å². The van der Waals surface area contributed by atoms with Crippen LogP contribution in [0.4, 0.5) is 0 Å². The normalized spacial score (nSPS) is 14.1. The van der Waals surface area contributed by atoms with Gasteiger partial charge in [0.25, 0.3) is 5.91 Å². The fourth-order valence-corrected chi connectivity index (χ4v) is 3.10. The van der Waals surface area contributed by atoms with Gasteiger partial charge in [-0.15, -0.1) is 0 Å². The molecule has 3 N–H and O–H groups in total. The lowest BCUT2D eigenvalue weighted by molar-refractivity contribution is 0.0931. The lowest BCUT2D eigenvalue weighted by atomic mass is 10.1. The van der Waals surface area contributed by atoms with Gasteiger partial charge in [0.2, 0.25) is 0 Å². The lowest BCUT2D eigenvalue weighted by Gasteiger charge is -2.21. The molecule has 1 aromatic heterocycles. The van der Waals surface area contributed by atoms with Gasteiger partial charge in [-0.2, -0.15) is 11.8 Å². The molecule has 0 fully saturated rings. The number of rotatable bonds is 5. The SMILES string of the molecule is CSC(CO)C(C)NC(=O)c1[nH]c2ccc(C)cc2c1C. The maximum Gasteiger partial charge on any atom is 0.268 e. The van der Waals surface area contributed by atoms with Gasteiger partial charge in [-0.25, -0.2) is 0 Å². The summed E-state index contributed by atoms with van der Waals surface area (Å²) < 4.78 is 0. The molecule has 114 valence electrons. The highest BCUT2D eigenvalue weighted by atomic mass is 32.2. The molecule has 0 radical (unpaired) electrons. The molecule has 0 saturated heterocycles. The van der Waals surface area contributed by atoms with E-state index < -0.39 is 0 Å². The number of hydrogen-bond donors (Lipinski definition) is 3. The van der Waals surface area contributed by atoms with Crippen molar-refractivity contribution in [3.05, 3.63) is 35.0 Å². The predicted molar refractivity (Wildman–Crippen MR) is 89.1 cm³/mol. The van der Waals surface area contributed by atoms with E-state index in [0.29, 0.717) is 5.69 Å². The molecule has 0 saturated carbocycles. The van der Waals surface area contributed by atoms with Gasteiger partial charge in [-0.05, 0) is 44.7 Å². The molecule has 0 aliphatic rings. The first-order valence-electron chi connectivity index (χ1n) is 7.01. The van der Waals surface area contributed by atoms with E-state index in [2.05, 4.69) is 16.4 Å². The number of benzene rings is 1. The van der Waals surface area contributed by atoms with Gasteiger partial charge in [-0.3, -0.25) is 4.79 Å². The Balaban J connectivity index is 2.25. The number of nitrogens with one attached hydrogen (secondary N) is 2. The van der Waals surface area contributed by atoms with Gasteiger partial charge >= 0.3 is 0 Å². The zero-order valence-corrected chi connectivity index (χ0v) is 13.7. The highest BCUT2D eigenvalue weighted by Crippen LogP contribution is 2.23. The van der Waals surface area contributed by atoms with Gasteiger partial charge in [0.1, 0.15) is 5.69 Å². The Hall–Kier alpha value is -1.46. The van der Waals surface area contributed by atoms with Gasteiger partial charge in [0.05, 0.1) is 6.61 Å². The zero-order valence-electron chi connectivity index (χ0n) is 12.9. The molecule has 2 rings (SSSR count). The van der Waals surface area contributed by atoms with Crippen LogP contribution < -0.4 is 5.32 Å².